The molecule has 1 aromatic carbocycles. The lowest BCUT2D eigenvalue weighted by Gasteiger charge is -2.28. The third-order valence-electron chi connectivity index (χ3n) is 5.35. The summed E-state index contributed by atoms with van der Waals surface area (Å²) in [6.45, 7) is 1.94. The molecule has 31 heavy (non-hydrogen) atoms. The van der Waals surface area contributed by atoms with Crippen molar-refractivity contribution in [3.63, 3.8) is 0 Å². The third-order valence-corrected chi connectivity index (χ3v) is 8.72. The van der Waals surface area contributed by atoms with Crippen LogP contribution in [0.4, 0.5) is 5.69 Å². The minimum absolute atomic E-state index is 0.00646. The predicted molar refractivity (Wildman–Crippen MR) is 140 cm³/mol. The monoisotopic (exact) mass is 490 g/mol. The van der Waals surface area contributed by atoms with E-state index < -0.39 is 0 Å². The highest BCUT2D eigenvalue weighted by molar-refractivity contribution is 8.23. The quantitative estimate of drug-likeness (QED) is 0.572. The van der Waals surface area contributed by atoms with Gasteiger partial charge in [-0.2, -0.15) is 16.9 Å². The second-order valence-electron chi connectivity index (χ2n) is 7.62. The van der Waals surface area contributed by atoms with E-state index in [0.29, 0.717) is 5.75 Å². The Hall–Kier alpha value is -1.55. The van der Waals surface area contributed by atoms with E-state index in [2.05, 4.69) is 45.5 Å². The van der Waals surface area contributed by atoms with Gasteiger partial charge in [0.15, 0.2) is 0 Å². The first-order valence-electron chi connectivity index (χ1n) is 10.2. The molecule has 0 saturated carbocycles. The molecule has 0 radical (unpaired) electrons. The summed E-state index contributed by atoms with van der Waals surface area (Å²) in [4.78, 5) is 18.6. The summed E-state index contributed by atoms with van der Waals surface area (Å²) in [5.74, 6) is 2.52. The molecule has 164 valence electrons. The van der Waals surface area contributed by atoms with Crippen LogP contribution in [0.5, 0.6) is 0 Å². The lowest BCUT2D eigenvalue weighted by molar-refractivity contribution is -0.130. The Bertz CT molecular complexity index is 937. The van der Waals surface area contributed by atoms with E-state index >= 15 is 0 Å². The molecule has 0 bridgehead atoms. The summed E-state index contributed by atoms with van der Waals surface area (Å²) in [6, 6.07) is 12.4. The smallest absolute Gasteiger partial charge is 0.253 e. The van der Waals surface area contributed by atoms with Crippen LogP contribution in [0.3, 0.4) is 0 Å². The highest BCUT2D eigenvalue weighted by Gasteiger charge is 2.33. The maximum absolute atomic E-state index is 13.2. The van der Waals surface area contributed by atoms with Gasteiger partial charge in [-0.3, -0.25) is 4.79 Å². The van der Waals surface area contributed by atoms with Crippen molar-refractivity contribution in [2.24, 2.45) is 5.10 Å². The first-order chi connectivity index (χ1) is 15.0. The van der Waals surface area contributed by atoms with Crippen LogP contribution < -0.4 is 4.90 Å². The van der Waals surface area contributed by atoms with Crippen molar-refractivity contribution in [1.82, 2.24) is 9.91 Å². The van der Waals surface area contributed by atoms with Gasteiger partial charge >= 0.3 is 0 Å². The van der Waals surface area contributed by atoms with Crippen LogP contribution in [0.1, 0.15) is 22.9 Å². The molecule has 1 aromatic heterocycles. The average molecular weight is 491 g/mol. The number of hydrogen-bond donors (Lipinski definition) is 0. The van der Waals surface area contributed by atoms with E-state index in [-0.39, 0.29) is 11.9 Å². The number of rotatable bonds is 5. The highest BCUT2D eigenvalue weighted by Crippen LogP contribution is 2.35. The van der Waals surface area contributed by atoms with Gasteiger partial charge in [0, 0.05) is 50.8 Å². The molecule has 0 N–H and O–H groups in total. The largest absolute Gasteiger partial charge is 0.378 e. The number of carbonyl (C=O) groups is 1. The van der Waals surface area contributed by atoms with Gasteiger partial charge < -0.3 is 9.80 Å². The number of thiocarbonyl (C=S) groups is 1. The molecule has 1 fully saturated rings. The molecule has 0 unspecified atom stereocenters. The molecule has 0 spiro atoms. The zero-order valence-corrected chi connectivity index (χ0v) is 21.0. The molecule has 9 heteroatoms. The lowest BCUT2D eigenvalue weighted by atomic mass is 10.0. The Morgan fingerprint density at radius 3 is 2.61 bits per heavy atom. The van der Waals surface area contributed by atoms with Crippen molar-refractivity contribution in [3.8, 4) is 0 Å². The fourth-order valence-corrected chi connectivity index (χ4v) is 6.34. The van der Waals surface area contributed by atoms with E-state index in [9.17, 15) is 4.79 Å². The number of carbonyl (C=O) groups excluding carboxylic acids is 1. The van der Waals surface area contributed by atoms with Crippen molar-refractivity contribution < 1.29 is 4.79 Å². The third kappa shape index (κ3) is 5.45. The summed E-state index contributed by atoms with van der Waals surface area (Å²) in [7, 11) is 4.05. The van der Waals surface area contributed by atoms with Gasteiger partial charge in [-0.15, -0.1) is 11.3 Å². The first-order valence-corrected chi connectivity index (χ1v) is 13.7. The van der Waals surface area contributed by atoms with E-state index in [4.69, 9.17) is 17.3 Å². The van der Waals surface area contributed by atoms with Crippen LogP contribution in [0.25, 0.3) is 0 Å². The minimum atomic E-state index is -0.0821. The number of nitrogens with zero attached hydrogens (tertiary/aromatic N) is 4. The second-order valence-corrected chi connectivity index (χ2v) is 11.4. The topological polar surface area (TPSA) is 39.1 Å². The van der Waals surface area contributed by atoms with Crippen LogP contribution in [-0.4, -0.2) is 70.3 Å². The molecule has 1 atom stereocenters. The minimum Gasteiger partial charge on any atom is -0.378 e. The molecule has 2 aliphatic heterocycles. The van der Waals surface area contributed by atoms with Crippen LogP contribution in [0, 0.1) is 0 Å². The van der Waals surface area contributed by atoms with Crippen molar-refractivity contribution >= 4 is 68.7 Å². The number of amides is 1. The fraction of sp³-hybridized carbons (Fsp3) is 0.409. The first kappa shape index (κ1) is 22.6. The van der Waals surface area contributed by atoms with Crippen molar-refractivity contribution in [2.75, 3.05) is 49.3 Å². The Labute approximate surface area is 201 Å². The SMILES string of the molecule is CN(C)c1ccc([C@@H]2CC(c3cccs3)=NN2C(=O)CSC(=S)N2CCSCC2)cc1. The number of benzene rings is 1. The summed E-state index contributed by atoms with van der Waals surface area (Å²) >= 11 is 10.7. The Kier molecular flexibility index (Phi) is 7.58. The Balaban J connectivity index is 1.49. The van der Waals surface area contributed by atoms with E-state index in [0.717, 1.165) is 57.2 Å². The van der Waals surface area contributed by atoms with Gasteiger partial charge in [0.25, 0.3) is 5.91 Å². The van der Waals surface area contributed by atoms with Crippen molar-refractivity contribution in [2.45, 2.75) is 12.5 Å². The van der Waals surface area contributed by atoms with Crippen LogP contribution in [-0.2, 0) is 4.79 Å². The Morgan fingerprint density at radius 2 is 1.97 bits per heavy atom. The molecule has 4 rings (SSSR count). The number of hydrogen-bond acceptors (Lipinski definition) is 7. The summed E-state index contributed by atoms with van der Waals surface area (Å²) in [5, 5.41) is 8.50. The summed E-state index contributed by atoms with van der Waals surface area (Å²) in [5.41, 5.74) is 3.22. The summed E-state index contributed by atoms with van der Waals surface area (Å²) in [6.07, 6.45) is 0.728. The number of thiophene rings is 1. The predicted octanol–water partition coefficient (Wildman–Crippen LogP) is 4.56. The maximum Gasteiger partial charge on any atom is 0.253 e. The maximum atomic E-state index is 13.2. The normalized spacial score (nSPS) is 18.8. The molecule has 0 aliphatic carbocycles. The average Bonchev–Trinajstić information content (AvgIpc) is 3.48. The van der Waals surface area contributed by atoms with Crippen LogP contribution in [0.15, 0.2) is 46.9 Å². The number of thioether (sulfide) groups is 2. The van der Waals surface area contributed by atoms with Gasteiger partial charge in [-0.25, -0.2) is 5.01 Å². The van der Waals surface area contributed by atoms with Crippen molar-refractivity contribution in [1.29, 1.82) is 0 Å². The molecule has 1 amide bonds. The molecule has 5 nitrogen and oxygen atoms in total. The van der Waals surface area contributed by atoms with Crippen LogP contribution >= 0.6 is 47.1 Å². The van der Waals surface area contributed by atoms with Gasteiger partial charge in [0.05, 0.1) is 22.4 Å². The van der Waals surface area contributed by atoms with Crippen molar-refractivity contribution in [3.05, 3.63) is 52.2 Å². The standard InChI is InChI=1S/C22H26N4OS4/c1-24(2)17-7-5-16(6-8-17)19-14-18(20-4-3-11-30-20)23-26(19)21(27)15-31-22(28)25-9-12-29-13-10-25/h3-8,11,19H,9-10,12-15H2,1-2H3/t19-/m0/s1. The van der Waals surface area contributed by atoms with E-state index in [1.165, 1.54) is 11.8 Å². The molecule has 2 aromatic rings. The lowest BCUT2D eigenvalue weighted by Crippen LogP contribution is -2.36. The van der Waals surface area contributed by atoms with Gasteiger partial charge in [0.1, 0.15) is 4.32 Å². The van der Waals surface area contributed by atoms with E-state index in [1.54, 1.807) is 16.3 Å². The Morgan fingerprint density at radius 1 is 1.23 bits per heavy atom. The molecular formula is C22H26N4OS4. The summed E-state index contributed by atoms with van der Waals surface area (Å²) < 4.78 is 0.821. The molecule has 1 saturated heterocycles. The zero-order chi connectivity index (χ0) is 21.8. The molecule has 3 heterocycles. The van der Waals surface area contributed by atoms with Crippen LogP contribution in [0.2, 0.25) is 0 Å². The number of hydrazone groups is 1. The zero-order valence-electron chi connectivity index (χ0n) is 17.7. The molecule has 2 aliphatic rings. The molecular weight excluding hydrogens is 465 g/mol. The highest BCUT2D eigenvalue weighted by atomic mass is 32.2. The van der Waals surface area contributed by atoms with Gasteiger partial charge in [-0.05, 0) is 29.1 Å². The van der Waals surface area contributed by atoms with Gasteiger partial charge in [-0.1, -0.05) is 42.2 Å². The van der Waals surface area contributed by atoms with E-state index in [1.807, 2.05) is 31.9 Å². The van der Waals surface area contributed by atoms with Gasteiger partial charge in [0.2, 0.25) is 0 Å². The number of anilines is 1. The second kappa shape index (κ2) is 10.4. The fourth-order valence-electron chi connectivity index (χ4n) is 3.61.